The highest BCUT2D eigenvalue weighted by molar-refractivity contribution is 7.11. The summed E-state index contributed by atoms with van der Waals surface area (Å²) >= 11 is 1.71. The molecule has 0 amide bonds. The maximum absolute atomic E-state index is 9.72. The third kappa shape index (κ3) is 3.21. The van der Waals surface area contributed by atoms with E-state index in [9.17, 15) is 5.11 Å². The number of aliphatic hydroxyl groups is 1. The van der Waals surface area contributed by atoms with Gasteiger partial charge in [0.05, 0.1) is 22.8 Å². The Morgan fingerprint density at radius 2 is 1.95 bits per heavy atom. The summed E-state index contributed by atoms with van der Waals surface area (Å²) in [5, 5.41) is 14.3. The van der Waals surface area contributed by atoms with Crippen molar-refractivity contribution in [3.05, 3.63) is 51.5 Å². The first-order valence-corrected chi connectivity index (χ1v) is 7.21. The Hall–Kier alpha value is -1.23. The molecule has 0 spiro atoms. The molecule has 102 valence electrons. The maximum atomic E-state index is 9.72. The normalized spacial score (nSPS) is 14.3. The van der Waals surface area contributed by atoms with Gasteiger partial charge < -0.3 is 10.4 Å². The second-order valence-electron chi connectivity index (χ2n) is 4.95. The highest BCUT2D eigenvalue weighted by Gasteiger charge is 2.25. The standard InChI is InChI=1S/C15H20N2OS/c1-11-14(19-12(2)17-11)9-16-15(3,10-18)13-7-5-4-6-8-13/h4-8,16,18H,9-10H2,1-3H3. The fraction of sp³-hybridized carbons (Fsp3) is 0.400. The van der Waals surface area contributed by atoms with Gasteiger partial charge in [-0.15, -0.1) is 11.3 Å². The highest BCUT2D eigenvalue weighted by Crippen LogP contribution is 2.23. The van der Waals surface area contributed by atoms with Crippen molar-refractivity contribution < 1.29 is 5.11 Å². The average molecular weight is 276 g/mol. The summed E-state index contributed by atoms with van der Waals surface area (Å²) in [7, 11) is 0. The van der Waals surface area contributed by atoms with Crippen molar-refractivity contribution in [3.63, 3.8) is 0 Å². The monoisotopic (exact) mass is 276 g/mol. The van der Waals surface area contributed by atoms with Gasteiger partial charge in [-0.2, -0.15) is 0 Å². The molecule has 3 nitrogen and oxygen atoms in total. The first kappa shape index (κ1) is 14.2. The van der Waals surface area contributed by atoms with Crippen LogP contribution >= 0.6 is 11.3 Å². The summed E-state index contributed by atoms with van der Waals surface area (Å²) in [5.41, 5.74) is 1.74. The Labute approximate surface area is 118 Å². The van der Waals surface area contributed by atoms with Crippen LogP contribution in [0.3, 0.4) is 0 Å². The van der Waals surface area contributed by atoms with Crippen molar-refractivity contribution in [3.8, 4) is 0 Å². The van der Waals surface area contributed by atoms with Crippen LogP contribution in [0.2, 0.25) is 0 Å². The predicted octanol–water partition coefficient (Wildman–Crippen LogP) is 2.76. The minimum absolute atomic E-state index is 0.0633. The molecule has 2 N–H and O–H groups in total. The Bertz CT molecular complexity index is 538. The van der Waals surface area contributed by atoms with Crippen LogP contribution in [0.25, 0.3) is 0 Å². The zero-order valence-electron chi connectivity index (χ0n) is 11.6. The molecule has 4 heteroatoms. The van der Waals surface area contributed by atoms with E-state index in [0.29, 0.717) is 0 Å². The van der Waals surface area contributed by atoms with Gasteiger partial charge in [0.25, 0.3) is 0 Å². The second kappa shape index (κ2) is 5.82. The van der Waals surface area contributed by atoms with E-state index in [2.05, 4.69) is 10.3 Å². The molecule has 2 rings (SSSR count). The molecule has 0 saturated carbocycles. The second-order valence-corrected chi connectivity index (χ2v) is 6.24. The molecule has 19 heavy (non-hydrogen) atoms. The van der Waals surface area contributed by atoms with E-state index in [1.54, 1.807) is 11.3 Å². The molecule has 1 unspecified atom stereocenters. The van der Waals surface area contributed by atoms with Crippen LogP contribution in [0.1, 0.15) is 28.1 Å². The number of thiazole rings is 1. The van der Waals surface area contributed by atoms with Crippen LogP contribution in [0.4, 0.5) is 0 Å². The molecular formula is C15H20N2OS. The molecule has 2 aromatic rings. The highest BCUT2D eigenvalue weighted by atomic mass is 32.1. The Morgan fingerprint density at radius 3 is 2.47 bits per heavy atom. The van der Waals surface area contributed by atoms with Gasteiger partial charge in [-0.3, -0.25) is 0 Å². The topological polar surface area (TPSA) is 45.2 Å². The zero-order chi connectivity index (χ0) is 13.9. The van der Waals surface area contributed by atoms with Gasteiger partial charge in [-0.25, -0.2) is 4.98 Å². The number of hydrogen-bond donors (Lipinski definition) is 2. The summed E-state index contributed by atoms with van der Waals surface area (Å²) in [6.07, 6.45) is 0. The fourth-order valence-electron chi connectivity index (χ4n) is 2.07. The van der Waals surface area contributed by atoms with Crippen molar-refractivity contribution in [2.24, 2.45) is 0 Å². The Kier molecular flexibility index (Phi) is 4.34. The van der Waals surface area contributed by atoms with Gasteiger partial charge in [-0.05, 0) is 26.3 Å². The SMILES string of the molecule is Cc1nc(C)c(CNC(C)(CO)c2ccccc2)s1. The van der Waals surface area contributed by atoms with Crippen molar-refractivity contribution in [1.29, 1.82) is 0 Å². The number of hydrogen-bond acceptors (Lipinski definition) is 4. The molecule has 0 aliphatic heterocycles. The van der Waals surface area contributed by atoms with E-state index in [1.807, 2.05) is 51.1 Å². The van der Waals surface area contributed by atoms with Crippen molar-refractivity contribution in [1.82, 2.24) is 10.3 Å². The largest absolute Gasteiger partial charge is 0.394 e. The average Bonchev–Trinajstić information content (AvgIpc) is 2.75. The van der Waals surface area contributed by atoms with E-state index in [0.717, 1.165) is 22.8 Å². The number of aryl methyl sites for hydroxylation is 2. The van der Waals surface area contributed by atoms with E-state index < -0.39 is 5.54 Å². The van der Waals surface area contributed by atoms with Gasteiger partial charge in [0.1, 0.15) is 0 Å². The van der Waals surface area contributed by atoms with Crippen LogP contribution in [-0.2, 0) is 12.1 Å². The lowest BCUT2D eigenvalue weighted by atomic mass is 9.93. The van der Waals surface area contributed by atoms with Gasteiger partial charge >= 0.3 is 0 Å². The number of nitrogens with one attached hydrogen (secondary N) is 1. The number of benzene rings is 1. The Morgan fingerprint density at radius 1 is 1.26 bits per heavy atom. The number of rotatable bonds is 5. The smallest absolute Gasteiger partial charge is 0.0900 e. The summed E-state index contributed by atoms with van der Waals surface area (Å²) in [6.45, 7) is 6.85. The maximum Gasteiger partial charge on any atom is 0.0900 e. The lowest BCUT2D eigenvalue weighted by Crippen LogP contribution is -2.42. The zero-order valence-corrected chi connectivity index (χ0v) is 12.4. The summed E-state index contributed by atoms with van der Waals surface area (Å²) in [5.74, 6) is 0. The van der Waals surface area contributed by atoms with E-state index in [1.165, 1.54) is 4.88 Å². The summed E-state index contributed by atoms with van der Waals surface area (Å²) in [4.78, 5) is 5.66. The summed E-state index contributed by atoms with van der Waals surface area (Å²) < 4.78 is 0. The molecule has 0 bridgehead atoms. The fourth-order valence-corrected chi connectivity index (χ4v) is 2.94. The van der Waals surface area contributed by atoms with Gasteiger partial charge in [0.15, 0.2) is 0 Å². The first-order valence-electron chi connectivity index (χ1n) is 6.39. The molecule has 0 aliphatic rings. The van der Waals surface area contributed by atoms with Crippen LogP contribution < -0.4 is 5.32 Å². The predicted molar refractivity (Wildman–Crippen MR) is 79.3 cm³/mol. The third-order valence-corrected chi connectivity index (χ3v) is 4.44. The van der Waals surface area contributed by atoms with Crippen LogP contribution in [0.5, 0.6) is 0 Å². The molecule has 0 radical (unpaired) electrons. The van der Waals surface area contributed by atoms with E-state index in [-0.39, 0.29) is 6.61 Å². The van der Waals surface area contributed by atoms with Gasteiger partial charge in [-0.1, -0.05) is 30.3 Å². The quantitative estimate of drug-likeness (QED) is 0.882. The van der Waals surface area contributed by atoms with Crippen molar-refractivity contribution >= 4 is 11.3 Å². The van der Waals surface area contributed by atoms with E-state index in [4.69, 9.17) is 0 Å². The van der Waals surface area contributed by atoms with Crippen molar-refractivity contribution in [2.75, 3.05) is 6.61 Å². The van der Waals surface area contributed by atoms with Crippen molar-refractivity contribution in [2.45, 2.75) is 32.9 Å². The minimum atomic E-state index is -0.425. The molecule has 0 fully saturated rings. The lowest BCUT2D eigenvalue weighted by Gasteiger charge is -2.29. The molecule has 1 atom stereocenters. The molecule has 1 aromatic heterocycles. The first-order chi connectivity index (χ1) is 9.05. The minimum Gasteiger partial charge on any atom is -0.394 e. The number of aromatic nitrogens is 1. The van der Waals surface area contributed by atoms with E-state index >= 15 is 0 Å². The van der Waals surface area contributed by atoms with Crippen LogP contribution in [0.15, 0.2) is 30.3 Å². The van der Waals surface area contributed by atoms with Gasteiger partial charge in [0.2, 0.25) is 0 Å². The number of nitrogens with zero attached hydrogens (tertiary/aromatic N) is 1. The third-order valence-electron chi connectivity index (χ3n) is 3.37. The molecule has 0 saturated heterocycles. The van der Waals surface area contributed by atoms with Gasteiger partial charge in [0, 0.05) is 11.4 Å². The molecule has 1 heterocycles. The molecular weight excluding hydrogens is 256 g/mol. The van der Waals surface area contributed by atoms with Crippen LogP contribution in [0, 0.1) is 13.8 Å². The molecule has 0 aliphatic carbocycles. The summed E-state index contributed by atoms with van der Waals surface area (Å²) in [6, 6.07) is 10.0. The van der Waals surface area contributed by atoms with Crippen LogP contribution in [-0.4, -0.2) is 16.7 Å². The molecule has 1 aromatic carbocycles. The lowest BCUT2D eigenvalue weighted by molar-refractivity contribution is 0.174. The number of aliphatic hydroxyl groups excluding tert-OH is 1. The Balaban J connectivity index is 2.13.